The SMILES string of the molecule is c1ccc2c(c1)CCOC2CCC1CN(c2ccncc2)CCN1. The van der Waals surface area contributed by atoms with Crippen LogP contribution in [0.2, 0.25) is 0 Å². The van der Waals surface area contributed by atoms with Crippen LogP contribution < -0.4 is 10.2 Å². The predicted octanol–water partition coefficient (Wildman–Crippen LogP) is 2.95. The smallest absolute Gasteiger partial charge is 0.0828 e. The van der Waals surface area contributed by atoms with Gasteiger partial charge in [0.1, 0.15) is 0 Å². The Morgan fingerprint density at radius 3 is 2.92 bits per heavy atom. The number of fused-ring (bicyclic) bond motifs is 1. The Balaban J connectivity index is 1.36. The summed E-state index contributed by atoms with van der Waals surface area (Å²) in [6.45, 7) is 4.00. The number of pyridine rings is 1. The minimum atomic E-state index is 0.257. The van der Waals surface area contributed by atoms with E-state index >= 15 is 0 Å². The molecule has 0 spiro atoms. The number of ether oxygens (including phenoxy) is 1. The van der Waals surface area contributed by atoms with Gasteiger partial charge >= 0.3 is 0 Å². The van der Waals surface area contributed by atoms with Gasteiger partial charge in [-0.2, -0.15) is 0 Å². The van der Waals surface area contributed by atoms with E-state index in [0.717, 1.165) is 45.5 Å². The highest BCUT2D eigenvalue weighted by atomic mass is 16.5. The minimum Gasteiger partial charge on any atom is -0.373 e. The summed E-state index contributed by atoms with van der Waals surface area (Å²) in [4.78, 5) is 6.58. The van der Waals surface area contributed by atoms with E-state index in [1.165, 1.54) is 16.8 Å². The Bertz CT molecular complexity index is 661. The highest BCUT2D eigenvalue weighted by Crippen LogP contribution is 2.31. The molecular weight excluding hydrogens is 298 g/mol. The lowest BCUT2D eigenvalue weighted by atomic mass is 9.93. The summed E-state index contributed by atoms with van der Waals surface area (Å²) in [5, 5.41) is 3.67. The molecule has 3 heterocycles. The third-order valence-corrected chi connectivity index (χ3v) is 5.15. The molecule has 126 valence electrons. The van der Waals surface area contributed by atoms with Gasteiger partial charge in [-0.1, -0.05) is 24.3 Å². The number of benzene rings is 1. The standard InChI is InChI=1S/C20H25N3O/c1-2-4-19-16(3-1)9-14-24-20(19)6-5-17-15-23(13-12-22-17)18-7-10-21-11-8-18/h1-4,7-8,10-11,17,20,22H,5-6,9,12-15H2. The van der Waals surface area contributed by atoms with E-state index in [1.807, 2.05) is 12.4 Å². The normalized spacial score (nSPS) is 23.8. The largest absolute Gasteiger partial charge is 0.373 e. The van der Waals surface area contributed by atoms with Gasteiger partial charge in [-0.3, -0.25) is 4.98 Å². The van der Waals surface area contributed by atoms with E-state index in [1.54, 1.807) is 0 Å². The molecule has 2 atom stereocenters. The molecule has 0 radical (unpaired) electrons. The molecule has 1 saturated heterocycles. The van der Waals surface area contributed by atoms with Crippen LogP contribution in [0.15, 0.2) is 48.8 Å². The average molecular weight is 323 g/mol. The fraction of sp³-hybridized carbons (Fsp3) is 0.450. The van der Waals surface area contributed by atoms with Crippen molar-refractivity contribution < 1.29 is 4.74 Å². The molecule has 0 amide bonds. The van der Waals surface area contributed by atoms with Crippen LogP contribution in [-0.4, -0.2) is 37.3 Å². The van der Waals surface area contributed by atoms with E-state index in [9.17, 15) is 0 Å². The van der Waals surface area contributed by atoms with Crippen molar-refractivity contribution in [1.82, 2.24) is 10.3 Å². The van der Waals surface area contributed by atoms with Crippen LogP contribution in [0.25, 0.3) is 0 Å². The lowest BCUT2D eigenvalue weighted by molar-refractivity contribution is 0.0333. The summed E-state index contributed by atoms with van der Waals surface area (Å²) >= 11 is 0. The molecule has 0 saturated carbocycles. The number of anilines is 1. The van der Waals surface area contributed by atoms with E-state index < -0.39 is 0 Å². The fourth-order valence-corrected chi connectivity index (χ4v) is 3.88. The molecule has 2 aliphatic rings. The monoisotopic (exact) mass is 323 g/mol. The van der Waals surface area contributed by atoms with Gasteiger partial charge in [-0.05, 0) is 42.5 Å². The van der Waals surface area contributed by atoms with Crippen molar-refractivity contribution in [3.63, 3.8) is 0 Å². The van der Waals surface area contributed by atoms with Gasteiger partial charge in [0.25, 0.3) is 0 Å². The Morgan fingerprint density at radius 2 is 2.00 bits per heavy atom. The summed E-state index contributed by atoms with van der Waals surface area (Å²) in [7, 11) is 0. The molecule has 4 rings (SSSR count). The van der Waals surface area contributed by atoms with E-state index in [-0.39, 0.29) is 6.10 Å². The molecular formula is C20H25N3O. The summed E-state index contributed by atoms with van der Waals surface area (Å²) in [6, 6.07) is 13.5. The van der Waals surface area contributed by atoms with Gasteiger partial charge in [-0.15, -0.1) is 0 Å². The fourth-order valence-electron chi connectivity index (χ4n) is 3.88. The lowest BCUT2D eigenvalue weighted by Gasteiger charge is -2.36. The molecule has 2 aliphatic heterocycles. The van der Waals surface area contributed by atoms with Gasteiger partial charge < -0.3 is 15.0 Å². The zero-order valence-electron chi connectivity index (χ0n) is 14.0. The molecule has 1 aromatic heterocycles. The second-order valence-corrected chi connectivity index (χ2v) is 6.69. The van der Waals surface area contributed by atoms with Gasteiger partial charge in [0.05, 0.1) is 12.7 Å². The van der Waals surface area contributed by atoms with Crippen LogP contribution >= 0.6 is 0 Å². The Labute approximate surface area is 143 Å². The minimum absolute atomic E-state index is 0.257. The third kappa shape index (κ3) is 3.45. The first-order chi connectivity index (χ1) is 11.9. The van der Waals surface area contributed by atoms with Crippen LogP contribution in [0.4, 0.5) is 5.69 Å². The van der Waals surface area contributed by atoms with Gasteiger partial charge in [0.2, 0.25) is 0 Å². The zero-order chi connectivity index (χ0) is 16.2. The van der Waals surface area contributed by atoms with Gasteiger partial charge in [0.15, 0.2) is 0 Å². The molecule has 0 aliphatic carbocycles. The van der Waals surface area contributed by atoms with Gasteiger partial charge in [0, 0.05) is 43.8 Å². The van der Waals surface area contributed by atoms with Crippen molar-refractivity contribution in [2.45, 2.75) is 31.4 Å². The molecule has 4 heteroatoms. The molecule has 2 unspecified atom stereocenters. The number of nitrogens with one attached hydrogen (secondary N) is 1. The van der Waals surface area contributed by atoms with Crippen molar-refractivity contribution in [1.29, 1.82) is 0 Å². The topological polar surface area (TPSA) is 37.4 Å². The maximum Gasteiger partial charge on any atom is 0.0828 e. The Hall–Kier alpha value is -1.91. The number of nitrogens with zero attached hydrogens (tertiary/aromatic N) is 2. The highest BCUT2D eigenvalue weighted by molar-refractivity contribution is 5.45. The number of hydrogen-bond acceptors (Lipinski definition) is 4. The highest BCUT2D eigenvalue weighted by Gasteiger charge is 2.24. The van der Waals surface area contributed by atoms with Crippen LogP contribution in [0, 0.1) is 0 Å². The number of piperazine rings is 1. The zero-order valence-corrected chi connectivity index (χ0v) is 14.0. The Kier molecular flexibility index (Phi) is 4.76. The number of aromatic nitrogens is 1. The Morgan fingerprint density at radius 1 is 1.12 bits per heavy atom. The number of hydrogen-bond donors (Lipinski definition) is 1. The van der Waals surface area contributed by atoms with Crippen LogP contribution in [0.3, 0.4) is 0 Å². The lowest BCUT2D eigenvalue weighted by Crippen LogP contribution is -2.50. The van der Waals surface area contributed by atoms with E-state index in [0.29, 0.717) is 6.04 Å². The summed E-state index contributed by atoms with van der Waals surface area (Å²) in [5.41, 5.74) is 4.13. The first-order valence-corrected chi connectivity index (χ1v) is 8.98. The molecule has 24 heavy (non-hydrogen) atoms. The first-order valence-electron chi connectivity index (χ1n) is 8.98. The second kappa shape index (κ2) is 7.32. The molecule has 1 N–H and O–H groups in total. The quantitative estimate of drug-likeness (QED) is 0.939. The summed E-state index contributed by atoms with van der Waals surface area (Å²) < 4.78 is 6.06. The summed E-state index contributed by atoms with van der Waals surface area (Å²) in [6.07, 6.45) is 7.27. The van der Waals surface area contributed by atoms with Crippen LogP contribution in [0.5, 0.6) is 0 Å². The maximum atomic E-state index is 6.06. The van der Waals surface area contributed by atoms with Gasteiger partial charge in [-0.25, -0.2) is 0 Å². The summed E-state index contributed by atoms with van der Waals surface area (Å²) in [5.74, 6) is 0. The molecule has 4 nitrogen and oxygen atoms in total. The average Bonchev–Trinajstić information content (AvgIpc) is 2.67. The molecule has 2 aromatic rings. The first kappa shape index (κ1) is 15.6. The molecule has 1 fully saturated rings. The van der Waals surface area contributed by atoms with Crippen molar-refractivity contribution in [3.8, 4) is 0 Å². The molecule has 0 bridgehead atoms. The van der Waals surface area contributed by atoms with Crippen LogP contribution in [0.1, 0.15) is 30.1 Å². The second-order valence-electron chi connectivity index (χ2n) is 6.69. The predicted molar refractivity (Wildman–Crippen MR) is 96.3 cm³/mol. The number of rotatable bonds is 4. The maximum absolute atomic E-state index is 6.06. The van der Waals surface area contributed by atoms with Crippen molar-refractivity contribution in [3.05, 3.63) is 59.9 Å². The molecule has 1 aromatic carbocycles. The van der Waals surface area contributed by atoms with Crippen molar-refractivity contribution >= 4 is 5.69 Å². The van der Waals surface area contributed by atoms with E-state index in [4.69, 9.17) is 4.74 Å². The third-order valence-electron chi connectivity index (χ3n) is 5.15. The van der Waals surface area contributed by atoms with Crippen LogP contribution in [-0.2, 0) is 11.2 Å². The van der Waals surface area contributed by atoms with E-state index in [2.05, 4.69) is 51.6 Å². The van der Waals surface area contributed by atoms with Crippen molar-refractivity contribution in [2.24, 2.45) is 0 Å². The van der Waals surface area contributed by atoms with Crippen molar-refractivity contribution in [2.75, 3.05) is 31.1 Å².